The smallest absolute Gasteiger partial charge is 0.303 e. The van der Waals surface area contributed by atoms with E-state index in [1.165, 1.54) is 29.2 Å². The van der Waals surface area contributed by atoms with Crippen LogP contribution in [0.2, 0.25) is 0 Å². The Balaban J connectivity index is 1.46. The van der Waals surface area contributed by atoms with Gasteiger partial charge in [0.15, 0.2) is 0 Å². The van der Waals surface area contributed by atoms with Gasteiger partial charge in [0.25, 0.3) is 5.91 Å². The number of anilines is 2. The van der Waals surface area contributed by atoms with Crippen LogP contribution in [0.5, 0.6) is 0 Å². The summed E-state index contributed by atoms with van der Waals surface area (Å²) in [6.07, 6.45) is 0.476. The van der Waals surface area contributed by atoms with Crippen molar-refractivity contribution in [3.8, 4) is 0 Å². The number of aliphatic carboxylic acids is 1. The fourth-order valence-corrected chi connectivity index (χ4v) is 5.60. The summed E-state index contributed by atoms with van der Waals surface area (Å²) in [6, 6.07) is 20.0. The summed E-state index contributed by atoms with van der Waals surface area (Å²) >= 11 is 1.99. The lowest BCUT2D eigenvalue weighted by atomic mass is 9.98. The van der Waals surface area contributed by atoms with E-state index in [2.05, 4.69) is 27.7 Å². The summed E-state index contributed by atoms with van der Waals surface area (Å²) in [5.74, 6) is 0.763. The SMILES string of the molecule is O=C(O)CCc1ccc(/C(Nc2ccc(CN3CCSCC3)cc2)=C2/C(=O)Nc3cc(F)ccc32)cc1. The van der Waals surface area contributed by atoms with E-state index in [1.807, 2.05) is 48.2 Å². The first-order valence-electron chi connectivity index (χ1n) is 12.3. The second-order valence-corrected chi connectivity index (χ2v) is 10.4. The highest BCUT2D eigenvalue weighted by atomic mass is 32.2. The number of aryl methyl sites for hydroxylation is 1. The molecule has 2 aliphatic heterocycles. The van der Waals surface area contributed by atoms with E-state index in [4.69, 9.17) is 5.11 Å². The van der Waals surface area contributed by atoms with Crippen LogP contribution in [0.1, 0.15) is 28.7 Å². The molecule has 3 aromatic rings. The summed E-state index contributed by atoms with van der Waals surface area (Å²) in [4.78, 5) is 26.5. The fraction of sp³-hybridized carbons (Fsp3) is 0.241. The predicted molar refractivity (Wildman–Crippen MR) is 147 cm³/mol. The van der Waals surface area contributed by atoms with E-state index < -0.39 is 11.8 Å². The summed E-state index contributed by atoms with van der Waals surface area (Å²) in [6.45, 7) is 3.10. The van der Waals surface area contributed by atoms with Gasteiger partial charge in [-0.2, -0.15) is 11.8 Å². The van der Waals surface area contributed by atoms with Crippen LogP contribution in [0.4, 0.5) is 15.8 Å². The molecule has 0 atom stereocenters. The highest BCUT2D eigenvalue weighted by Crippen LogP contribution is 2.38. The fourth-order valence-electron chi connectivity index (χ4n) is 4.62. The zero-order chi connectivity index (χ0) is 25.8. The van der Waals surface area contributed by atoms with Crippen molar-refractivity contribution < 1.29 is 19.1 Å². The minimum atomic E-state index is -0.845. The van der Waals surface area contributed by atoms with Crippen molar-refractivity contribution >= 4 is 46.3 Å². The molecule has 3 aromatic carbocycles. The van der Waals surface area contributed by atoms with Gasteiger partial charge in [-0.1, -0.05) is 36.4 Å². The van der Waals surface area contributed by atoms with Crippen molar-refractivity contribution in [3.63, 3.8) is 0 Å². The maximum atomic E-state index is 13.8. The number of benzene rings is 3. The van der Waals surface area contributed by atoms with Gasteiger partial charge < -0.3 is 15.7 Å². The first-order valence-corrected chi connectivity index (χ1v) is 13.4. The molecule has 6 nitrogen and oxygen atoms in total. The number of nitrogens with zero attached hydrogens (tertiary/aromatic N) is 1. The molecule has 0 radical (unpaired) electrons. The number of amides is 1. The molecule has 0 bridgehead atoms. The lowest BCUT2D eigenvalue weighted by Gasteiger charge is -2.26. The Morgan fingerprint density at radius 2 is 1.70 bits per heavy atom. The largest absolute Gasteiger partial charge is 0.481 e. The van der Waals surface area contributed by atoms with Crippen LogP contribution >= 0.6 is 11.8 Å². The first-order chi connectivity index (χ1) is 18.0. The van der Waals surface area contributed by atoms with Crippen molar-refractivity contribution in [1.29, 1.82) is 0 Å². The van der Waals surface area contributed by atoms with Crippen molar-refractivity contribution in [1.82, 2.24) is 4.90 Å². The van der Waals surface area contributed by atoms with E-state index in [9.17, 15) is 14.0 Å². The molecule has 1 amide bonds. The normalized spacial score (nSPS) is 16.7. The Kier molecular flexibility index (Phi) is 7.58. The first kappa shape index (κ1) is 25.0. The van der Waals surface area contributed by atoms with E-state index in [-0.39, 0.29) is 12.3 Å². The molecule has 8 heteroatoms. The quantitative estimate of drug-likeness (QED) is 0.351. The highest BCUT2D eigenvalue weighted by molar-refractivity contribution is 7.99. The molecule has 1 fully saturated rings. The molecule has 37 heavy (non-hydrogen) atoms. The maximum absolute atomic E-state index is 13.8. The molecular formula is C29H28FN3O3S. The predicted octanol–water partition coefficient (Wildman–Crippen LogP) is 5.32. The number of halogens is 1. The molecule has 0 saturated carbocycles. The van der Waals surface area contributed by atoms with E-state index in [0.29, 0.717) is 28.9 Å². The van der Waals surface area contributed by atoms with Gasteiger partial charge in [-0.3, -0.25) is 14.5 Å². The Hall–Kier alpha value is -3.62. The van der Waals surface area contributed by atoms with Gasteiger partial charge in [-0.25, -0.2) is 4.39 Å². The molecule has 0 spiro atoms. The Bertz CT molecular complexity index is 1330. The maximum Gasteiger partial charge on any atom is 0.303 e. The molecule has 0 aromatic heterocycles. The highest BCUT2D eigenvalue weighted by Gasteiger charge is 2.29. The van der Waals surface area contributed by atoms with Crippen molar-refractivity contribution in [2.45, 2.75) is 19.4 Å². The third kappa shape index (κ3) is 6.03. The van der Waals surface area contributed by atoms with Crippen molar-refractivity contribution in [2.24, 2.45) is 0 Å². The summed E-state index contributed by atoms with van der Waals surface area (Å²) in [5.41, 5.74) is 5.84. The Labute approximate surface area is 219 Å². The van der Waals surface area contributed by atoms with Crippen LogP contribution in [0.3, 0.4) is 0 Å². The number of carbonyl (C=O) groups is 2. The molecule has 0 aliphatic carbocycles. The van der Waals surface area contributed by atoms with Gasteiger partial charge in [-0.15, -0.1) is 0 Å². The second kappa shape index (κ2) is 11.2. The average Bonchev–Trinajstić information content (AvgIpc) is 3.22. The lowest BCUT2D eigenvalue weighted by molar-refractivity contribution is -0.137. The van der Waals surface area contributed by atoms with Crippen LogP contribution in [-0.2, 0) is 22.6 Å². The van der Waals surface area contributed by atoms with E-state index >= 15 is 0 Å². The molecular weight excluding hydrogens is 489 g/mol. The monoisotopic (exact) mass is 517 g/mol. The van der Waals surface area contributed by atoms with Crippen molar-refractivity contribution in [3.05, 3.63) is 94.8 Å². The molecule has 2 aliphatic rings. The van der Waals surface area contributed by atoms with Gasteiger partial charge in [0, 0.05) is 48.8 Å². The van der Waals surface area contributed by atoms with Gasteiger partial charge in [0.2, 0.25) is 0 Å². The van der Waals surface area contributed by atoms with Crippen LogP contribution in [0.15, 0.2) is 66.7 Å². The average molecular weight is 518 g/mol. The zero-order valence-corrected chi connectivity index (χ0v) is 21.1. The van der Waals surface area contributed by atoms with Crippen LogP contribution in [0, 0.1) is 5.82 Å². The Morgan fingerprint density at radius 3 is 2.41 bits per heavy atom. The number of nitrogens with one attached hydrogen (secondary N) is 2. The number of carbonyl (C=O) groups excluding carboxylic acids is 1. The molecule has 5 rings (SSSR count). The number of hydrogen-bond donors (Lipinski definition) is 3. The number of carboxylic acid groups (broad SMARTS) is 1. The summed E-state index contributed by atoms with van der Waals surface area (Å²) < 4.78 is 13.8. The number of thioether (sulfide) groups is 1. The van der Waals surface area contributed by atoms with Gasteiger partial charge in [0.05, 0.1) is 17.0 Å². The number of fused-ring (bicyclic) bond motifs is 1. The number of rotatable bonds is 8. The summed E-state index contributed by atoms with van der Waals surface area (Å²) in [7, 11) is 0. The van der Waals surface area contributed by atoms with E-state index in [0.717, 1.165) is 36.4 Å². The molecule has 0 unspecified atom stereocenters. The number of hydrogen-bond acceptors (Lipinski definition) is 5. The van der Waals surface area contributed by atoms with Gasteiger partial charge in [-0.05, 0) is 53.4 Å². The standard InChI is InChI=1S/C29H28FN3O3S/c30-22-8-11-24-25(17-22)32-29(36)27(24)28(21-6-1-19(2-7-21)5-12-26(34)35)31-23-9-3-20(4-10-23)18-33-13-15-37-16-14-33/h1-4,6-11,17,31H,5,12-16,18H2,(H,32,36)(H,34,35)/b28-27-. The molecule has 1 saturated heterocycles. The van der Waals surface area contributed by atoms with Crippen LogP contribution < -0.4 is 10.6 Å². The molecule has 3 N–H and O–H groups in total. The minimum absolute atomic E-state index is 0.0511. The lowest BCUT2D eigenvalue weighted by Crippen LogP contribution is -2.31. The van der Waals surface area contributed by atoms with Gasteiger partial charge >= 0.3 is 5.97 Å². The minimum Gasteiger partial charge on any atom is -0.481 e. The molecule has 2 heterocycles. The number of carboxylic acids is 1. The van der Waals surface area contributed by atoms with Crippen LogP contribution in [0.25, 0.3) is 11.3 Å². The topological polar surface area (TPSA) is 81.7 Å². The third-order valence-electron chi connectivity index (χ3n) is 6.58. The third-order valence-corrected chi connectivity index (χ3v) is 7.52. The molecule has 190 valence electrons. The van der Waals surface area contributed by atoms with Crippen LogP contribution in [-0.4, -0.2) is 46.5 Å². The summed E-state index contributed by atoms with van der Waals surface area (Å²) in [5, 5.41) is 15.2. The Morgan fingerprint density at radius 1 is 1.00 bits per heavy atom. The van der Waals surface area contributed by atoms with Gasteiger partial charge in [0.1, 0.15) is 5.82 Å². The van der Waals surface area contributed by atoms with E-state index in [1.54, 1.807) is 6.07 Å². The van der Waals surface area contributed by atoms with Crippen molar-refractivity contribution in [2.75, 3.05) is 35.2 Å². The zero-order valence-electron chi connectivity index (χ0n) is 20.3. The second-order valence-electron chi connectivity index (χ2n) is 9.20.